The van der Waals surface area contributed by atoms with Gasteiger partial charge in [-0.15, -0.1) is 11.8 Å². The van der Waals surface area contributed by atoms with Gasteiger partial charge in [0.1, 0.15) is 0 Å². The Morgan fingerprint density at radius 2 is 1.81 bits per heavy atom. The molecule has 4 rings (SSSR count). The van der Waals surface area contributed by atoms with E-state index in [-0.39, 0.29) is 6.03 Å². The normalized spacial score (nSPS) is 13.6. The van der Waals surface area contributed by atoms with Crippen molar-refractivity contribution in [3.05, 3.63) is 82.8 Å². The van der Waals surface area contributed by atoms with E-state index in [1.807, 2.05) is 59.7 Å². The zero-order valence-electron chi connectivity index (χ0n) is 14.6. The van der Waals surface area contributed by atoms with Gasteiger partial charge in [0.25, 0.3) is 0 Å². The van der Waals surface area contributed by atoms with Gasteiger partial charge >= 0.3 is 6.03 Å². The van der Waals surface area contributed by atoms with E-state index in [0.29, 0.717) is 6.54 Å². The average Bonchev–Trinajstić information content (AvgIpc) is 2.70. The molecule has 0 bridgehead atoms. The molecule has 6 heteroatoms. The summed E-state index contributed by atoms with van der Waals surface area (Å²) in [5, 5.41) is 0. The van der Waals surface area contributed by atoms with E-state index in [2.05, 4.69) is 40.2 Å². The molecule has 0 saturated heterocycles. The van der Waals surface area contributed by atoms with Crippen molar-refractivity contribution in [1.29, 1.82) is 0 Å². The molecule has 0 unspecified atom stereocenters. The Labute approximate surface area is 176 Å². The SMILES string of the molecule is CSc1cccc(N2Sc3ccccc3N(Cc3cccc(Br)c3)C2=O)c1. The third-order valence-electron chi connectivity index (χ3n) is 4.27. The Balaban J connectivity index is 1.74. The molecule has 3 aromatic rings. The number of urea groups is 1. The predicted molar refractivity (Wildman–Crippen MR) is 119 cm³/mol. The summed E-state index contributed by atoms with van der Waals surface area (Å²) < 4.78 is 2.79. The molecule has 0 radical (unpaired) electrons. The van der Waals surface area contributed by atoms with Crippen LogP contribution in [0.4, 0.5) is 16.2 Å². The fourth-order valence-corrected chi connectivity index (χ4v) is 4.88. The largest absolute Gasteiger partial charge is 0.339 e. The molecule has 2 amide bonds. The summed E-state index contributed by atoms with van der Waals surface area (Å²) in [7, 11) is 0. The Morgan fingerprint density at radius 3 is 2.63 bits per heavy atom. The number of hydrogen-bond acceptors (Lipinski definition) is 3. The van der Waals surface area contributed by atoms with Crippen LogP contribution in [0.3, 0.4) is 0 Å². The van der Waals surface area contributed by atoms with Crippen LogP contribution in [-0.4, -0.2) is 12.3 Å². The maximum absolute atomic E-state index is 13.4. The summed E-state index contributed by atoms with van der Waals surface area (Å²) in [4.78, 5) is 17.4. The van der Waals surface area contributed by atoms with Crippen LogP contribution in [0.25, 0.3) is 0 Å². The zero-order valence-corrected chi connectivity index (χ0v) is 17.9. The minimum absolute atomic E-state index is 0.0306. The van der Waals surface area contributed by atoms with Crippen LogP contribution in [0.15, 0.2) is 87.1 Å². The van der Waals surface area contributed by atoms with E-state index in [1.165, 1.54) is 11.9 Å². The number of hydrogen-bond donors (Lipinski definition) is 0. The summed E-state index contributed by atoms with van der Waals surface area (Å²) in [5.74, 6) is 0. The Hall–Kier alpha value is -1.89. The summed E-state index contributed by atoms with van der Waals surface area (Å²) in [5.41, 5.74) is 2.92. The number of amides is 2. The minimum Gasteiger partial charge on any atom is -0.288 e. The Morgan fingerprint density at radius 1 is 1.00 bits per heavy atom. The van der Waals surface area contributed by atoms with Crippen LogP contribution in [0, 0.1) is 0 Å². The van der Waals surface area contributed by atoms with Crippen molar-refractivity contribution in [2.45, 2.75) is 16.3 Å². The van der Waals surface area contributed by atoms with Crippen LogP contribution in [0.5, 0.6) is 0 Å². The van der Waals surface area contributed by atoms with Gasteiger partial charge in [-0.2, -0.15) is 0 Å². The molecular weight excluding hydrogens is 440 g/mol. The number of anilines is 2. The molecule has 1 aliphatic rings. The van der Waals surface area contributed by atoms with Crippen molar-refractivity contribution in [2.75, 3.05) is 15.5 Å². The number of carbonyl (C=O) groups is 1. The molecular formula is C21H17BrN2OS2. The fourth-order valence-electron chi connectivity index (χ4n) is 2.98. The molecule has 3 aromatic carbocycles. The molecule has 1 heterocycles. The molecule has 0 spiro atoms. The topological polar surface area (TPSA) is 23.6 Å². The van der Waals surface area contributed by atoms with Crippen molar-refractivity contribution in [3.63, 3.8) is 0 Å². The lowest BCUT2D eigenvalue weighted by molar-refractivity contribution is 0.254. The Kier molecular flexibility index (Phi) is 5.48. The Bertz CT molecular complexity index is 995. The third-order valence-corrected chi connectivity index (χ3v) is 6.58. The third kappa shape index (κ3) is 3.88. The number of para-hydroxylation sites is 1. The number of benzene rings is 3. The molecule has 136 valence electrons. The van der Waals surface area contributed by atoms with Gasteiger partial charge in [-0.25, -0.2) is 9.10 Å². The molecule has 0 saturated carbocycles. The first-order valence-corrected chi connectivity index (χ1v) is 11.2. The van der Waals surface area contributed by atoms with Gasteiger partial charge in [-0.05, 0) is 66.2 Å². The molecule has 3 nitrogen and oxygen atoms in total. The second-order valence-corrected chi connectivity index (χ2v) is 8.84. The first kappa shape index (κ1) is 18.5. The molecule has 0 atom stereocenters. The van der Waals surface area contributed by atoms with Gasteiger partial charge < -0.3 is 0 Å². The van der Waals surface area contributed by atoms with Gasteiger partial charge in [0.15, 0.2) is 0 Å². The molecule has 0 aromatic heterocycles. The van der Waals surface area contributed by atoms with Crippen LogP contribution >= 0.6 is 39.6 Å². The quantitative estimate of drug-likeness (QED) is 0.317. The number of carbonyl (C=O) groups excluding carboxylic acids is 1. The average molecular weight is 457 g/mol. The van der Waals surface area contributed by atoms with Gasteiger partial charge in [0.2, 0.25) is 0 Å². The lowest BCUT2D eigenvalue weighted by Gasteiger charge is -2.36. The highest BCUT2D eigenvalue weighted by Gasteiger charge is 2.32. The fraction of sp³-hybridized carbons (Fsp3) is 0.0952. The lowest BCUT2D eigenvalue weighted by atomic mass is 10.2. The minimum atomic E-state index is -0.0306. The van der Waals surface area contributed by atoms with Crippen molar-refractivity contribution in [1.82, 2.24) is 0 Å². The lowest BCUT2D eigenvalue weighted by Crippen LogP contribution is -2.42. The molecule has 1 aliphatic heterocycles. The summed E-state index contributed by atoms with van der Waals surface area (Å²) in [6.07, 6.45) is 2.04. The van der Waals surface area contributed by atoms with Gasteiger partial charge in [-0.1, -0.05) is 46.3 Å². The number of halogens is 1. The predicted octanol–water partition coefficient (Wildman–Crippen LogP) is 6.82. The smallest absolute Gasteiger partial charge is 0.288 e. The van der Waals surface area contributed by atoms with Gasteiger partial charge in [0, 0.05) is 9.37 Å². The maximum Gasteiger partial charge on any atom is 0.339 e. The molecule has 0 fully saturated rings. The van der Waals surface area contributed by atoms with Crippen molar-refractivity contribution >= 4 is 57.0 Å². The number of thioether (sulfide) groups is 1. The summed E-state index contributed by atoms with van der Waals surface area (Å²) in [6, 6.07) is 24.2. The van der Waals surface area contributed by atoms with E-state index in [1.54, 1.807) is 16.1 Å². The second-order valence-electron chi connectivity index (χ2n) is 6.05. The van der Waals surface area contributed by atoms with Crippen LogP contribution < -0.4 is 9.21 Å². The highest BCUT2D eigenvalue weighted by molar-refractivity contribution is 9.10. The monoisotopic (exact) mass is 456 g/mol. The maximum atomic E-state index is 13.4. The van der Waals surface area contributed by atoms with E-state index < -0.39 is 0 Å². The first-order chi connectivity index (χ1) is 13.2. The molecule has 0 aliphatic carbocycles. The van der Waals surface area contributed by atoms with E-state index in [0.717, 1.165) is 31.2 Å². The zero-order chi connectivity index (χ0) is 18.8. The summed E-state index contributed by atoms with van der Waals surface area (Å²) in [6.45, 7) is 0.522. The van der Waals surface area contributed by atoms with Crippen molar-refractivity contribution in [3.8, 4) is 0 Å². The molecule has 0 N–H and O–H groups in total. The number of fused-ring (bicyclic) bond motifs is 1. The van der Waals surface area contributed by atoms with Crippen LogP contribution in [0.1, 0.15) is 5.56 Å². The highest BCUT2D eigenvalue weighted by atomic mass is 79.9. The number of rotatable bonds is 4. The number of nitrogens with zero attached hydrogens (tertiary/aromatic N) is 2. The van der Waals surface area contributed by atoms with E-state index in [4.69, 9.17) is 0 Å². The van der Waals surface area contributed by atoms with E-state index >= 15 is 0 Å². The van der Waals surface area contributed by atoms with Crippen LogP contribution in [0.2, 0.25) is 0 Å². The van der Waals surface area contributed by atoms with E-state index in [9.17, 15) is 4.79 Å². The van der Waals surface area contributed by atoms with Gasteiger partial charge in [-0.3, -0.25) is 4.90 Å². The summed E-state index contributed by atoms with van der Waals surface area (Å²) >= 11 is 6.67. The standard InChI is InChI=1S/C21H17BrN2OS2/c1-26-18-9-5-8-17(13-18)24-21(25)23(14-15-6-4-7-16(22)12-15)19-10-2-3-11-20(19)27-24/h2-13H,14H2,1H3. The van der Waals surface area contributed by atoms with Crippen LogP contribution in [-0.2, 0) is 6.54 Å². The van der Waals surface area contributed by atoms with Crippen molar-refractivity contribution < 1.29 is 4.79 Å². The second kappa shape index (κ2) is 8.00. The van der Waals surface area contributed by atoms with Crippen molar-refractivity contribution in [2.24, 2.45) is 0 Å². The molecule has 27 heavy (non-hydrogen) atoms. The highest BCUT2D eigenvalue weighted by Crippen LogP contribution is 2.42. The van der Waals surface area contributed by atoms with Gasteiger partial charge in [0.05, 0.1) is 22.8 Å². The first-order valence-electron chi connectivity index (χ1n) is 8.43.